The highest BCUT2D eigenvalue weighted by Crippen LogP contribution is 2.47. The molecule has 2 unspecified atom stereocenters. The molecule has 7 nitrogen and oxygen atoms in total. The second-order valence-corrected chi connectivity index (χ2v) is 7.45. The summed E-state index contributed by atoms with van der Waals surface area (Å²) < 4.78 is 59.5. The van der Waals surface area contributed by atoms with E-state index in [2.05, 4.69) is 10.2 Å². The number of halogens is 4. The molecule has 1 aliphatic heterocycles. The molecular formula is C21H19ClF3N3O4. The van der Waals surface area contributed by atoms with Crippen LogP contribution in [0.3, 0.4) is 0 Å². The first-order valence-electron chi connectivity index (χ1n) is 9.59. The molecule has 0 bridgehead atoms. The lowest BCUT2D eigenvalue weighted by Crippen LogP contribution is -2.16. The minimum atomic E-state index is -4.76. The number of methoxy groups -OCH3 is 2. The quantitative estimate of drug-likeness (QED) is 0.593. The molecule has 1 N–H and O–H groups in total. The molecule has 3 aromatic rings. The molecule has 1 aromatic heterocycles. The van der Waals surface area contributed by atoms with E-state index >= 15 is 0 Å². The van der Waals surface area contributed by atoms with Crippen molar-refractivity contribution in [3.8, 4) is 17.2 Å². The maximum atomic E-state index is 13.8. The zero-order valence-corrected chi connectivity index (χ0v) is 17.8. The van der Waals surface area contributed by atoms with E-state index in [-0.39, 0.29) is 24.5 Å². The van der Waals surface area contributed by atoms with Crippen LogP contribution in [-0.2, 0) is 10.9 Å². The number of nitrogens with zero attached hydrogens (tertiary/aromatic N) is 3. The van der Waals surface area contributed by atoms with Crippen molar-refractivity contribution in [2.45, 2.75) is 24.8 Å². The Morgan fingerprint density at radius 2 is 1.91 bits per heavy atom. The lowest BCUT2D eigenvalue weighted by molar-refractivity contribution is -0.146. The molecular weight excluding hydrogens is 451 g/mol. The molecule has 0 fully saturated rings. The molecule has 32 heavy (non-hydrogen) atoms. The van der Waals surface area contributed by atoms with Gasteiger partial charge in [-0.15, -0.1) is 10.2 Å². The van der Waals surface area contributed by atoms with Crippen LogP contribution in [0.5, 0.6) is 11.5 Å². The second-order valence-electron chi connectivity index (χ2n) is 7.02. The van der Waals surface area contributed by atoms with Crippen molar-refractivity contribution in [2.24, 2.45) is 0 Å². The molecule has 0 saturated carbocycles. The SMILES string of the molecule is COc1cccc(C2OC(CCO)c3nnc(C(F)(F)F)n3-c3ccc(Cl)cc32)c1OC. The number of hydrogen-bond acceptors (Lipinski definition) is 6. The smallest absolute Gasteiger partial charge is 0.452 e. The number of rotatable bonds is 5. The summed E-state index contributed by atoms with van der Waals surface area (Å²) in [6.07, 6.45) is -6.65. The van der Waals surface area contributed by atoms with E-state index in [1.54, 1.807) is 18.2 Å². The van der Waals surface area contributed by atoms with Crippen molar-refractivity contribution in [1.29, 1.82) is 0 Å². The summed E-state index contributed by atoms with van der Waals surface area (Å²) in [7, 11) is 2.94. The summed E-state index contributed by atoms with van der Waals surface area (Å²) in [4.78, 5) is 0. The minimum absolute atomic E-state index is 0.000491. The van der Waals surface area contributed by atoms with Crippen LogP contribution >= 0.6 is 11.6 Å². The van der Waals surface area contributed by atoms with Gasteiger partial charge in [0.05, 0.1) is 19.9 Å². The number of benzene rings is 2. The van der Waals surface area contributed by atoms with Gasteiger partial charge in [-0.3, -0.25) is 4.57 Å². The fourth-order valence-electron chi connectivity index (χ4n) is 3.84. The van der Waals surface area contributed by atoms with Gasteiger partial charge in [0.2, 0.25) is 5.82 Å². The summed E-state index contributed by atoms with van der Waals surface area (Å²) in [5.74, 6) is -0.474. The predicted molar refractivity (Wildman–Crippen MR) is 108 cm³/mol. The normalized spacial score (nSPS) is 18.0. The zero-order valence-electron chi connectivity index (χ0n) is 17.1. The summed E-state index contributed by atoms with van der Waals surface area (Å²) in [5, 5.41) is 17.0. The van der Waals surface area contributed by atoms with Crippen molar-refractivity contribution in [1.82, 2.24) is 14.8 Å². The average Bonchev–Trinajstić information content (AvgIpc) is 3.16. The standard InChI is InChI=1S/C21H19ClF3N3O4/c1-30-15-5-3-4-12(18(15)31-2)17-13-10-11(22)6-7-14(13)28-19(16(32-17)8-9-29)26-27-20(28)21(23,24)25/h3-7,10,16-17,29H,8-9H2,1-2H3. The highest BCUT2D eigenvalue weighted by Gasteiger charge is 2.43. The third-order valence-electron chi connectivity index (χ3n) is 5.15. The van der Waals surface area contributed by atoms with Gasteiger partial charge in [0, 0.05) is 29.2 Å². The van der Waals surface area contributed by atoms with Crippen molar-refractivity contribution < 1.29 is 32.5 Å². The molecule has 0 spiro atoms. The van der Waals surface area contributed by atoms with Gasteiger partial charge in [0.15, 0.2) is 17.3 Å². The minimum Gasteiger partial charge on any atom is -0.493 e. The number of hydrogen-bond donors (Lipinski definition) is 1. The van der Waals surface area contributed by atoms with E-state index in [4.69, 9.17) is 25.8 Å². The van der Waals surface area contributed by atoms with E-state index in [0.29, 0.717) is 27.6 Å². The predicted octanol–water partition coefficient (Wildman–Crippen LogP) is 4.50. The molecule has 2 atom stereocenters. The number of para-hydroxylation sites is 1. The second kappa shape index (κ2) is 8.61. The maximum absolute atomic E-state index is 13.8. The van der Waals surface area contributed by atoms with Gasteiger partial charge in [-0.1, -0.05) is 23.7 Å². The lowest BCUT2D eigenvalue weighted by atomic mass is 9.98. The zero-order chi connectivity index (χ0) is 23.0. The number of aliphatic hydroxyl groups is 1. The molecule has 2 aromatic carbocycles. The van der Waals surface area contributed by atoms with Gasteiger partial charge >= 0.3 is 6.18 Å². The molecule has 11 heteroatoms. The van der Waals surface area contributed by atoms with E-state index < -0.39 is 24.2 Å². The molecule has 1 aliphatic rings. The number of aromatic nitrogens is 3. The number of ether oxygens (including phenoxy) is 3. The van der Waals surface area contributed by atoms with Crippen molar-refractivity contribution in [3.63, 3.8) is 0 Å². The molecule has 0 saturated heterocycles. The fraction of sp³-hybridized carbons (Fsp3) is 0.333. The third-order valence-corrected chi connectivity index (χ3v) is 5.39. The third kappa shape index (κ3) is 3.78. The highest BCUT2D eigenvalue weighted by molar-refractivity contribution is 6.30. The molecule has 0 aliphatic carbocycles. The first-order valence-corrected chi connectivity index (χ1v) is 9.97. The van der Waals surface area contributed by atoms with Gasteiger partial charge < -0.3 is 19.3 Å². The van der Waals surface area contributed by atoms with Crippen molar-refractivity contribution >= 4 is 11.6 Å². The largest absolute Gasteiger partial charge is 0.493 e. The van der Waals surface area contributed by atoms with Crippen LogP contribution in [0.1, 0.15) is 41.4 Å². The summed E-state index contributed by atoms with van der Waals surface area (Å²) >= 11 is 6.23. The molecule has 170 valence electrons. The fourth-order valence-corrected chi connectivity index (χ4v) is 4.02. The Bertz CT molecular complexity index is 1140. The number of fused-ring (bicyclic) bond motifs is 3. The van der Waals surface area contributed by atoms with Gasteiger partial charge in [0.1, 0.15) is 12.2 Å². The topological polar surface area (TPSA) is 78.6 Å². The Morgan fingerprint density at radius 3 is 2.56 bits per heavy atom. The lowest BCUT2D eigenvalue weighted by Gasteiger charge is -2.24. The Hall–Kier alpha value is -2.82. The molecule has 0 amide bonds. The Labute approximate surface area is 186 Å². The van der Waals surface area contributed by atoms with Crippen molar-refractivity contribution in [2.75, 3.05) is 20.8 Å². The van der Waals surface area contributed by atoms with Crippen LogP contribution in [0.15, 0.2) is 36.4 Å². The van der Waals surface area contributed by atoms with Gasteiger partial charge in [-0.25, -0.2) is 0 Å². The van der Waals surface area contributed by atoms with Gasteiger partial charge in [0.25, 0.3) is 0 Å². The van der Waals surface area contributed by atoms with Crippen LogP contribution in [0.4, 0.5) is 13.2 Å². The van der Waals surface area contributed by atoms with Crippen LogP contribution in [-0.4, -0.2) is 40.7 Å². The molecule has 4 rings (SSSR count). The van der Waals surface area contributed by atoms with E-state index in [0.717, 1.165) is 4.57 Å². The number of aliphatic hydroxyl groups excluding tert-OH is 1. The molecule has 0 radical (unpaired) electrons. The number of alkyl halides is 3. The Kier molecular flexibility index (Phi) is 6.02. The van der Waals surface area contributed by atoms with Crippen LogP contribution in [0, 0.1) is 0 Å². The van der Waals surface area contributed by atoms with E-state index in [1.807, 2.05) is 0 Å². The van der Waals surface area contributed by atoms with Gasteiger partial charge in [-0.05, 0) is 24.3 Å². The van der Waals surface area contributed by atoms with Crippen LogP contribution < -0.4 is 9.47 Å². The average molecular weight is 470 g/mol. The van der Waals surface area contributed by atoms with Crippen LogP contribution in [0.25, 0.3) is 5.69 Å². The Morgan fingerprint density at radius 1 is 1.12 bits per heavy atom. The van der Waals surface area contributed by atoms with Crippen molar-refractivity contribution in [3.05, 3.63) is 64.2 Å². The summed E-state index contributed by atoms with van der Waals surface area (Å²) in [6, 6.07) is 9.62. The highest BCUT2D eigenvalue weighted by atomic mass is 35.5. The first kappa shape index (κ1) is 22.4. The van der Waals surface area contributed by atoms with E-state index in [9.17, 15) is 18.3 Å². The summed E-state index contributed by atoms with van der Waals surface area (Å²) in [5.41, 5.74) is 1.04. The maximum Gasteiger partial charge on any atom is 0.452 e. The summed E-state index contributed by atoms with van der Waals surface area (Å²) in [6.45, 7) is -0.335. The molecule has 2 heterocycles. The van der Waals surface area contributed by atoms with Crippen LogP contribution in [0.2, 0.25) is 5.02 Å². The monoisotopic (exact) mass is 469 g/mol. The Balaban J connectivity index is 2.02. The first-order chi connectivity index (χ1) is 15.3. The van der Waals surface area contributed by atoms with Gasteiger partial charge in [-0.2, -0.15) is 13.2 Å². The van der Waals surface area contributed by atoms with E-state index in [1.165, 1.54) is 32.4 Å².